The fraction of sp³-hybridized carbons (Fsp3) is 0.650. The van der Waals surface area contributed by atoms with Gasteiger partial charge in [-0.25, -0.2) is 0 Å². The van der Waals surface area contributed by atoms with Crippen molar-refractivity contribution in [2.45, 2.75) is 45.3 Å². The van der Waals surface area contributed by atoms with E-state index < -0.39 is 0 Å². The van der Waals surface area contributed by atoms with Crippen molar-refractivity contribution in [3.05, 3.63) is 29.3 Å². The molecule has 1 aliphatic carbocycles. The minimum atomic E-state index is -0.221. The van der Waals surface area contributed by atoms with Gasteiger partial charge in [0.25, 0.3) is 0 Å². The monoisotopic (exact) mass is 328 g/mol. The molecule has 1 saturated heterocycles. The molecule has 1 saturated carbocycles. The number of fused-ring (bicyclic) bond motifs is 1. The molecule has 1 amide bonds. The van der Waals surface area contributed by atoms with Crippen molar-refractivity contribution >= 4 is 5.91 Å². The third kappa shape index (κ3) is 2.92. The summed E-state index contributed by atoms with van der Waals surface area (Å²) in [7, 11) is 2.16. The fourth-order valence-corrected chi connectivity index (χ4v) is 4.15. The van der Waals surface area contributed by atoms with E-state index in [0.717, 1.165) is 50.2 Å². The number of likely N-dealkylation sites (tertiary alicyclic amines) is 1. The topological polar surface area (TPSA) is 32.8 Å². The Morgan fingerprint density at radius 3 is 2.67 bits per heavy atom. The molecule has 4 heteroatoms. The summed E-state index contributed by atoms with van der Waals surface area (Å²) in [5, 5.41) is 0. The van der Waals surface area contributed by atoms with Gasteiger partial charge < -0.3 is 14.5 Å². The summed E-state index contributed by atoms with van der Waals surface area (Å²) in [6.07, 6.45) is 3.02. The second-order valence-corrected chi connectivity index (χ2v) is 8.21. The Morgan fingerprint density at radius 1 is 1.29 bits per heavy atom. The van der Waals surface area contributed by atoms with Gasteiger partial charge in [-0.3, -0.25) is 4.79 Å². The van der Waals surface area contributed by atoms with E-state index in [1.807, 2.05) is 0 Å². The number of aryl methyl sites for hydroxylation is 1. The number of piperidine rings is 1. The van der Waals surface area contributed by atoms with E-state index in [4.69, 9.17) is 4.74 Å². The molecule has 0 aromatic heterocycles. The van der Waals surface area contributed by atoms with Crippen LogP contribution < -0.4 is 4.74 Å². The standard InChI is InChI=1S/C20H28N2O2/c1-14-4-5-18-16(10-14)12-22(19(23)17-11-15(17)2)13-20(24-18)6-8-21(3)9-7-20/h4-5,10,15,17H,6-9,11-13H2,1-3H3/t15-,17-/m0/s1. The summed E-state index contributed by atoms with van der Waals surface area (Å²) in [4.78, 5) is 17.4. The van der Waals surface area contributed by atoms with E-state index in [1.54, 1.807) is 0 Å². The highest BCUT2D eigenvalue weighted by Gasteiger charge is 2.46. The number of nitrogens with zero attached hydrogens (tertiary/aromatic N) is 2. The van der Waals surface area contributed by atoms with Crippen molar-refractivity contribution in [3.63, 3.8) is 0 Å². The van der Waals surface area contributed by atoms with Gasteiger partial charge in [0.1, 0.15) is 11.4 Å². The average molecular weight is 328 g/mol. The van der Waals surface area contributed by atoms with E-state index in [9.17, 15) is 4.79 Å². The molecule has 130 valence electrons. The molecule has 24 heavy (non-hydrogen) atoms. The molecule has 0 radical (unpaired) electrons. The highest BCUT2D eigenvalue weighted by molar-refractivity contribution is 5.82. The van der Waals surface area contributed by atoms with Crippen LogP contribution >= 0.6 is 0 Å². The van der Waals surface area contributed by atoms with Crippen LogP contribution in [0.15, 0.2) is 18.2 Å². The maximum absolute atomic E-state index is 13.0. The second kappa shape index (κ2) is 5.76. The van der Waals surface area contributed by atoms with Gasteiger partial charge in [0, 0.05) is 44.0 Å². The quantitative estimate of drug-likeness (QED) is 0.795. The molecule has 4 rings (SSSR count). The maximum atomic E-state index is 13.0. The first-order valence-corrected chi connectivity index (χ1v) is 9.22. The molecular weight excluding hydrogens is 300 g/mol. The van der Waals surface area contributed by atoms with E-state index in [2.05, 4.69) is 48.9 Å². The Morgan fingerprint density at radius 2 is 2.00 bits per heavy atom. The van der Waals surface area contributed by atoms with Gasteiger partial charge in [-0.1, -0.05) is 24.6 Å². The highest BCUT2D eigenvalue weighted by atomic mass is 16.5. The van der Waals surface area contributed by atoms with E-state index in [1.165, 1.54) is 5.56 Å². The number of hydrogen-bond donors (Lipinski definition) is 0. The molecule has 1 aromatic carbocycles. The third-order valence-electron chi connectivity index (χ3n) is 6.02. The minimum absolute atomic E-state index is 0.221. The highest BCUT2D eigenvalue weighted by Crippen LogP contribution is 2.42. The third-order valence-corrected chi connectivity index (χ3v) is 6.02. The van der Waals surface area contributed by atoms with Crippen LogP contribution in [0.4, 0.5) is 0 Å². The molecule has 2 atom stereocenters. The zero-order valence-corrected chi connectivity index (χ0v) is 15.0. The number of benzene rings is 1. The first-order valence-electron chi connectivity index (χ1n) is 9.22. The lowest BCUT2D eigenvalue weighted by Crippen LogP contribution is -2.53. The Kier molecular flexibility index (Phi) is 3.83. The molecule has 0 unspecified atom stereocenters. The number of carbonyl (C=O) groups excluding carboxylic acids is 1. The largest absolute Gasteiger partial charge is 0.485 e. The van der Waals surface area contributed by atoms with Crippen LogP contribution in [0.25, 0.3) is 0 Å². The molecular formula is C20H28N2O2. The van der Waals surface area contributed by atoms with Gasteiger partial charge in [0.2, 0.25) is 5.91 Å². The lowest BCUT2D eigenvalue weighted by molar-refractivity contribution is -0.136. The van der Waals surface area contributed by atoms with Crippen molar-refractivity contribution in [2.75, 3.05) is 26.7 Å². The predicted molar refractivity (Wildman–Crippen MR) is 94.0 cm³/mol. The summed E-state index contributed by atoms with van der Waals surface area (Å²) in [5.41, 5.74) is 2.16. The first-order chi connectivity index (χ1) is 11.5. The normalized spacial score (nSPS) is 28.9. The molecule has 0 N–H and O–H groups in total. The molecule has 1 aromatic rings. The molecule has 3 aliphatic rings. The number of ether oxygens (including phenoxy) is 1. The van der Waals surface area contributed by atoms with Crippen LogP contribution in [0.2, 0.25) is 0 Å². The van der Waals surface area contributed by atoms with Crippen LogP contribution in [0.3, 0.4) is 0 Å². The Bertz CT molecular complexity index is 649. The number of rotatable bonds is 1. The van der Waals surface area contributed by atoms with Gasteiger partial charge >= 0.3 is 0 Å². The summed E-state index contributed by atoms with van der Waals surface area (Å²) in [5.74, 6) is 2.09. The Balaban J connectivity index is 1.66. The minimum Gasteiger partial charge on any atom is -0.485 e. The molecule has 2 fully saturated rings. The van der Waals surface area contributed by atoms with Crippen molar-refractivity contribution in [3.8, 4) is 5.75 Å². The van der Waals surface area contributed by atoms with Gasteiger partial charge in [-0.05, 0) is 32.4 Å². The lowest BCUT2D eigenvalue weighted by Gasteiger charge is -2.41. The van der Waals surface area contributed by atoms with E-state index in [-0.39, 0.29) is 11.5 Å². The fourth-order valence-electron chi connectivity index (χ4n) is 4.15. The van der Waals surface area contributed by atoms with Gasteiger partial charge in [-0.15, -0.1) is 0 Å². The van der Waals surface area contributed by atoms with E-state index >= 15 is 0 Å². The summed E-state index contributed by atoms with van der Waals surface area (Å²) in [6, 6.07) is 6.39. The molecule has 2 aliphatic heterocycles. The maximum Gasteiger partial charge on any atom is 0.226 e. The van der Waals surface area contributed by atoms with Crippen LogP contribution in [-0.2, 0) is 11.3 Å². The number of hydrogen-bond acceptors (Lipinski definition) is 3. The molecule has 0 bridgehead atoms. The van der Waals surface area contributed by atoms with Crippen molar-refractivity contribution in [1.82, 2.24) is 9.80 Å². The summed E-state index contributed by atoms with van der Waals surface area (Å²) < 4.78 is 6.58. The van der Waals surface area contributed by atoms with Crippen molar-refractivity contribution < 1.29 is 9.53 Å². The number of amides is 1. The average Bonchev–Trinajstić information content (AvgIpc) is 3.30. The van der Waals surface area contributed by atoms with Crippen molar-refractivity contribution in [2.24, 2.45) is 11.8 Å². The zero-order valence-electron chi connectivity index (χ0n) is 15.0. The SMILES string of the molecule is Cc1ccc2c(c1)CN(C(=O)[C@H]1C[C@@H]1C)CC1(CCN(C)CC1)O2. The van der Waals surface area contributed by atoms with Crippen LogP contribution in [-0.4, -0.2) is 48.0 Å². The summed E-state index contributed by atoms with van der Waals surface area (Å²) in [6.45, 7) is 7.77. The van der Waals surface area contributed by atoms with Crippen LogP contribution in [0.5, 0.6) is 5.75 Å². The zero-order chi connectivity index (χ0) is 16.9. The molecule has 4 nitrogen and oxygen atoms in total. The lowest BCUT2D eigenvalue weighted by atomic mass is 9.90. The predicted octanol–water partition coefficient (Wildman–Crippen LogP) is 2.84. The van der Waals surface area contributed by atoms with Gasteiger partial charge in [0.15, 0.2) is 0 Å². The second-order valence-electron chi connectivity index (χ2n) is 8.21. The number of carbonyl (C=O) groups is 1. The Labute approximate surface area is 144 Å². The van der Waals surface area contributed by atoms with E-state index in [0.29, 0.717) is 18.4 Å². The first kappa shape index (κ1) is 15.9. The van der Waals surface area contributed by atoms with Gasteiger partial charge in [-0.2, -0.15) is 0 Å². The molecule has 2 heterocycles. The van der Waals surface area contributed by atoms with Gasteiger partial charge in [0.05, 0.1) is 6.54 Å². The van der Waals surface area contributed by atoms with Crippen LogP contribution in [0, 0.1) is 18.8 Å². The summed E-state index contributed by atoms with van der Waals surface area (Å²) >= 11 is 0. The smallest absolute Gasteiger partial charge is 0.226 e. The Hall–Kier alpha value is -1.55. The molecule has 1 spiro atoms. The van der Waals surface area contributed by atoms with Crippen LogP contribution in [0.1, 0.15) is 37.3 Å². The van der Waals surface area contributed by atoms with Crippen molar-refractivity contribution in [1.29, 1.82) is 0 Å².